The summed E-state index contributed by atoms with van der Waals surface area (Å²) in [5.74, 6) is -0.785. The van der Waals surface area contributed by atoms with Crippen molar-refractivity contribution in [2.45, 2.75) is 63.7 Å². The molecule has 1 aliphatic heterocycles. The van der Waals surface area contributed by atoms with Crippen molar-refractivity contribution >= 4 is 5.97 Å². The molecule has 2 aliphatic rings. The predicted molar refractivity (Wildman–Crippen MR) is 87.3 cm³/mol. The zero-order valence-corrected chi connectivity index (χ0v) is 13.7. The first-order valence-electron chi connectivity index (χ1n) is 8.71. The van der Waals surface area contributed by atoms with Crippen LogP contribution in [0.1, 0.15) is 55.2 Å². The molecule has 0 bridgehead atoms. The van der Waals surface area contributed by atoms with Crippen LogP contribution in [-0.2, 0) is 24.3 Å². The molecule has 24 heavy (non-hydrogen) atoms. The third kappa shape index (κ3) is 2.84. The highest BCUT2D eigenvalue weighted by Crippen LogP contribution is 2.30. The van der Waals surface area contributed by atoms with Gasteiger partial charge in [0, 0.05) is 31.7 Å². The second-order valence-electron chi connectivity index (χ2n) is 6.88. The Bertz CT molecular complexity index is 716. The Morgan fingerprint density at radius 1 is 1.33 bits per heavy atom. The second-order valence-corrected chi connectivity index (χ2v) is 6.88. The Morgan fingerprint density at radius 3 is 2.96 bits per heavy atom. The lowest BCUT2D eigenvalue weighted by molar-refractivity contribution is -0.144. The number of H-pyrrole nitrogens is 1. The molecule has 0 radical (unpaired) electrons. The van der Waals surface area contributed by atoms with Crippen LogP contribution in [0.3, 0.4) is 0 Å². The van der Waals surface area contributed by atoms with Gasteiger partial charge in [-0.3, -0.25) is 9.69 Å². The van der Waals surface area contributed by atoms with Gasteiger partial charge in [0.1, 0.15) is 6.04 Å². The van der Waals surface area contributed by atoms with Crippen LogP contribution in [0, 0.1) is 0 Å². The summed E-state index contributed by atoms with van der Waals surface area (Å²) in [6.07, 6.45) is 12.1. The molecule has 0 amide bonds. The van der Waals surface area contributed by atoms with Gasteiger partial charge in [-0.1, -0.05) is 19.3 Å². The zero-order chi connectivity index (χ0) is 16.5. The summed E-state index contributed by atoms with van der Waals surface area (Å²) in [5.41, 5.74) is 3.01. The minimum absolute atomic E-state index is 0.450. The first-order chi connectivity index (χ1) is 11.7. The number of aromatic nitrogens is 4. The van der Waals surface area contributed by atoms with Crippen LogP contribution in [-0.4, -0.2) is 41.5 Å². The molecule has 7 nitrogen and oxygen atoms in total. The van der Waals surface area contributed by atoms with Crippen LogP contribution in [0.2, 0.25) is 0 Å². The molecule has 7 heteroatoms. The minimum atomic E-state index is -0.785. The van der Waals surface area contributed by atoms with E-state index in [9.17, 15) is 9.90 Å². The van der Waals surface area contributed by atoms with E-state index in [1.807, 2.05) is 17.4 Å². The predicted octanol–water partition coefficient (Wildman–Crippen LogP) is 2.12. The van der Waals surface area contributed by atoms with E-state index < -0.39 is 12.0 Å². The average molecular weight is 329 g/mol. The highest BCUT2D eigenvalue weighted by atomic mass is 16.4. The van der Waals surface area contributed by atoms with Crippen LogP contribution < -0.4 is 0 Å². The molecule has 1 aliphatic carbocycles. The Balaban J connectivity index is 1.56. The standard InChI is InChI=1S/C17H23N5O2/c23-17(24)16-6-14-15(20-10-19-14)9-21(16)8-13-7-18-11-22(13)12-4-2-1-3-5-12/h7,10-12,16H,1-6,8-9H2,(H,19,20)(H,23,24)/t16-/m0/s1. The smallest absolute Gasteiger partial charge is 0.321 e. The maximum atomic E-state index is 11.7. The number of aromatic amines is 1. The quantitative estimate of drug-likeness (QED) is 0.897. The zero-order valence-electron chi connectivity index (χ0n) is 13.7. The number of nitrogens with one attached hydrogen (secondary N) is 1. The van der Waals surface area contributed by atoms with Gasteiger partial charge < -0.3 is 14.7 Å². The van der Waals surface area contributed by atoms with Crippen LogP contribution in [0.4, 0.5) is 0 Å². The fraction of sp³-hybridized carbons (Fsp3) is 0.588. The summed E-state index contributed by atoms with van der Waals surface area (Å²) < 4.78 is 2.26. The number of aliphatic carboxylic acids is 1. The Kier molecular flexibility index (Phi) is 4.10. The topological polar surface area (TPSA) is 87.0 Å². The molecule has 0 spiro atoms. The number of rotatable bonds is 4. The van der Waals surface area contributed by atoms with E-state index >= 15 is 0 Å². The maximum Gasteiger partial charge on any atom is 0.321 e. The largest absolute Gasteiger partial charge is 0.480 e. The number of nitrogens with zero attached hydrogens (tertiary/aromatic N) is 4. The molecule has 2 aromatic rings. The van der Waals surface area contributed by atoms with E-state index in [-0.39, 0.29) is 0 Å². The maximum absolute atomic E-state index is 11.7. The van der Waals surface area contributed by atoms with Gasteiger partial charge in [-0.25, -0.2) is 9.97 Å². The third-order valence-corrected chi connectivity index (χ3v) is 5.36. The van der Waals surface area contributed by atoms with Crippen molar-refractivity contribution in [1.29, 1.82) is 0 Å². The van der Waals surface area contributed by atoms with Gasteiger partial charge in [0.2, 0.25) is 0 Å². The molecule has 3 heterocycles. The van der Waals surface area contributed by atoms with Crippen molar-refractivity contribution in [2.24, 2.45) is 0 Å². The SMILES string of the molecule is O=C(O)[C@@H]1Cc2nc[nH]c2CN1Cc1cncn1C1CCCCC1. The van der Waals surface area contributed by atoms with E-state index in [4.69, 9.17) is 0 Å². The summed E-state index contributed by atoms with van der Waals surface area (Å²) in [7, 11) is 0. The van der Waals surface area contributed by atoms with Crippen molar-refractivity contribution in [2.75, 3.05) is 0 Å². The Labute approximate surface area is 140 Å². The molecule has 2 aromatic heterocycles. The average Bonchev–Trinajstić information content (AvgIpc) is 3.23. The van der Waals surface area contributed by atoms with Crippen LogP contribution >= 0.6 is 0 Å². The lowest BCUT2D eigenvalue weighted by Gasteiger charge is -2.33. The molecule has 1 fully saturated rings. The van der Waals surface area contributed by atoms with Gasteiger partial charge in [0.25, 0.3) is 0 Å². The summed E-state index contributed by atoms with van der Waals surface area (Å²) in [4.78, 5) is 25.4. The lowest BCUT2D eigenvalue weighted by Crippen LogP contribution is -2.45. The van der Waals surface area contributed by atoms with Gasteiger partial charge in [0.05, 0.1) is 29.7 Å². The minimum Gasteiger partial charge on any atom is -0.480 e. The Hall–Kier alpha value is -2.15. The molecular weight excluding hydrogens is 306 g/mol. The van der Waals surface area contributed by atoms with E-state index in [0.717, 1.165) is 17.1 Å². The fourth-order valence-corrected chi connectivity index (χ4v) is 4.05. The number of carboxylic acids is 1. The number of fused-ring (bicyclic) bond motifs is 1. The lowest BCUT2D eigenvalue weighted by atomic mass is 9.95. The summed E-state index contributed by atoms with van der Waals surface area (Å²) >= 11 is 0. The number of imidazole rings is 2. The van der Waals surface area contributed by atoms with Crippen molar-refractivity contribution in [3.05, 3.63) is 35.9 Å². The monoisotopic (exact) mass is 329 g/mol. The molecule has 0 aromatic carbocycles. The van der Waals surface area contributed by atoms with Crippen molar-refractivity contribution in [1.82, 2.24) is 24.4 Å². The molecular formula is C17H23N5O2. The van der Waals surface area contributed by atoms with Crippen LogP contribution in [0.25, 0.3) is 0 Å². The van der Waals surface area contributed by atoms with E-state index in [2.05, 4.69) is 19.5 Å². The van der Waals surface area contributed by atoms with Gasteiger partial charge in [0.15, 0.2) is 0 Å². The molecule has 4 rings (SSSR count). The van der Waals surface area contributed by atoms with Crippen LogP contribution in [0.5, 0.6) is 0 Å². The summed E-state index contributed by atoms with van der Waals surface area (Å²) in [6, 6.07) is -0.0254. The Morgan fingerprint density at radius 2 is 2.17 bits per heavy atom. The first-order valence-corrected chi connectivity index (χ1v) is 8.71. The number of carbonyl (C=O) groups is 1. The number of hydrogen-bond donors (Lipinski definition) is 2. The second kappa shape index (κ2) is 6.39. The van der Waals surface area contributed by atoms with Crippen molar-refractivity contribution in [3.63, 3.8) is 0 Å². The third-order valence-electron chi connectivity index (χ3n) is 5.36. The fourth-order valence-electron chi connectivity index (χ4n) is 4.05. The van der Waals surface area contributed by atoms with Gasteiger partial charge >= 0.3 is 5.97 Å². The van der Waals surface area contributed by atoms with Crippen molar-refractivity contribution < 1.29 is 9.90 Å². The molecule has 1 saturated carbocycles. The molecule has 128 valence electrons. The van der Waals surface area contributed by atoms with E-state index in [0.29, 0.717) is 25.6 Å². The first kappa shape index (κ1) is 15.4. The van der Waals surface area contributed by atoms with Gasteiger partial charge in [-0.15, -0.1) is 0 Å². The van der Waals surface area contributed by atoms with Crippen molar-refractivity contribution in [3.8, 4) is 0 Å². The molecule has 0 saturated heterocycles. The molecule has 2 N–H and O–H groups in total. The normalized spacial score (nSPS) is 22.4. The number of carboxylic acid groups (broad SMARTS) is 1. The number of hydrogen-bond acceptors (Lipinski definition) is 4. The molecule has 1 atom stereocenters. The van der Waals surface area contributed by atoms with Crippen LogP contribution in [0.15, 0.2) is 18.9 Å². The highest BCUT2D eigenvalue weighted by molar-refractivity contribution is 5.74. The highest BCUT2D eigenvalue weighted by Gasteiger charge is 2.33. The molecule has 0 unspecified atom stereocenters. The van der Waals surface area contributed by atoms with Gasteiger partial charge in [-0.05, 0) is 12.8 Å². The van der Waals surface area contributed by atoms with Gasteiger partial charge in [-0.2, -0.15) is 0 Å². The summed E-state index contributed by atoms with van der Waals surface area (Å²) in [5, 5.41) is 9.62. The van der Waals surface area contributed by atoms with E-state index in [1.165, 1.54) is 32.1 Å². The van der Waals surface area contributed by atoms with E-state index in [1.54, 1.807) is 6.33 Å². The summed E-state index contributed by atoms with van der Waals surface area (Å²) in [6.45, 7) is 1.19.